The molecule has 1 aromatic heterocycles. The summed E-state index contributed by atoms with van der Waals surface area (Å²) in [5.74, 6) is 1.38. The number of rotatable bonds is 5. The molecule has 0 atom stereocenters. The van der Waals surface area contributed by atoms with Crippen LogP contribution in [0.3, 0.4) is 0 Å². The van der Waals surface area contributed by atoms with Crippen molar-refractivity contribution in [3.8, 4) is 5.75 Å². The zero-order valence-corrected chi connectivity index (χ0v) is 11.1. The van der Waals surface area contributed by atoms with Gasteiger partial charge in [0.1, 0.15) is 11.6 Å². The molecule has 1 aromatic carbocycles. The van der Waals surface area contributed by atoms with Crippen LogP contribution in [-0.4, -0.2) is 34.4 Å². The highest BCUT2D eigenvalue weighted by Crippen LogP contribution is 2.12. The average molecular weight is 259 g/mol. The molecule has 100 valence electrons. The van der Waals surface area contributed by atoms with Gasteiger partial charge in [-0.1, -0.05) is 12.1 Å². The van der Waals surface area contributed by atoms with Crippen LogP contribution in [0.4, 0.5) is 0 Å². The molecule has 0 saturated carbocycles. The Morgan fingerprint density at radius 3 is 3.00 bits per heavy atom. The Morgan fingerprint density at radius 1 is 1.47 bits per heavy atom. The SMILES string of the molecule is Cc1cccc(OCC(=O)N(C)Cc2ncc[nH]2)c1. The minimum absolute atomic E-state index is 0.0284. The molecule has 2 aromatic rings. The van der Waals surface area contributed by atoms with E-state index < -0.39 is 0 Å². The molecular weight excluding hydrogens is 242 g/mol. The predicted octanol–water partition coefficient (Wildman–Crippen LogP) is 1.76. The number of hydrogen-bond donors (Lipinski definition) is 1. The number of amides is 1. The van der Waals surface area contributed by atoms with Gasteiger partial charge in [-0.25, -0.2) is 4.98 Å². The third-order valence-corrected chi connectivity index (χ3v) is 2.72. The summed E-state index contributed by atoms with van der Waals surface area (Å²) in [6.45, 7) is 2.46. The van der Waals surface area contributed by atoms with Crippen molar-refractivity contribution >= 4 is 5.91 Å². The zero-order chi connectivity index (χ0) is 13.7. The van der Waals surface area contributed by atoms with E-state index in [0.717, 1.165) is 11.4 Å². The first-order chi connectivity index (χ1) is 9.15. The van der Waals surface area contributed by atoms with E-state index >= 15 is 0 Å². The Bertz CT molecular complexity index is 537. The molecule has 0 fully saturated rings. The maximum absolute atomic E-state index is 11.9. The highest BCUT2D eigenvalue weighted by atomic mass is 16.5. The molecule has 0 radical (unpaired) electrons. The maximum atomic E-state index is 11.9. The zero-order valence-electron chi connectivity index (χ0n) is 11.1. The van der Waals surface area contributed by atoms with Crippen LogP contribution in [0, 0.1) is 6.92 Å². The smallest absolute Gasteiger partial charge is 0.260 e. The summed E-state index contributed by atoms with van der Waals surface area (Å²) in [7, 11) is 1.73. The summed E-state index contributed by atoms with van der Waals surface area (Å²) < 4.78 is 5.47. The first-order valence-electron chi connectivity index (χ1n) is 6.07. The second-order valence-corrected chi connectivity index (χ2v) is 4.39. The molecule has 0 bridgehead atoms. The lowest BCUT2D eigenvalue weighted by Crippen LogP contribution is -2.31. The number of likely N-dealkylation sites (N-methyl/N-ethyl adjacent to an activating group) is 1. The molecule has 2 rings (SSSR count). The van der Waals surface area contributed by atoms with E-state index in [1.54, 1.807) is 24.3 Å². The second kappa shape index (κ2) is 6.04. The van der Waals surface area contributed by atoms with E-state index in [1.807, 2.05) is 31.2 Å². The summed E-state index contributed by atoms with van der Waals surface area (Å²) in [5, 5.41) is 0. The quantitative estimate of drug-likeness (QED) is 0.890. The summed E-state index contributed by atoms with van der Waals surface area (Å²) in [6.07, 6.45) is 3.40. The molecule has 1 heterocycles. The van der Waals surface area contributed by atoms with Crippen molar-refractivity contribution in [1.82, 2.24) is 14.9 Å². The van der Waals surface area contributed by atoms with Crippen LogP contribution in [0.5, 0.6) is 5.75 Å². The van der Waals surface area contributed by atoms with Gasteiger partial charge in [0.25, 0.3) is 5.91 Å². The lowest BCUT2D eigenvalue weighted by Gasteiger charge is -2.16. The molecule has 0 aliphatic rings. The Labute approximate surface area is 112 Å². The van der Waals surface area contributed by atoms with Crippen LogP contribution in [0.25, 0.3) is 0 Å². The van der Waals surface area contributed by atoms with Gasteiger partial charge < -0.3 is 14.6 Å². The van der Waals surface area contributed by atoms with Crippen molar-refractivity contribution in [2.75, 3.05) is 13.7 Å². The number of benzene rings is 1. The number of ether oxygens (including phenoxy) is 1. The maximum Gasteiger partial charge on any atom is 0.260 e. The lowest BCUT2D eigenvalue weighted by molar-refractivity contribution is -0.132. The molecule has 0 unspecified atom stereocenters. The van der Waals surface area contributed by atoms with E-state index in [2.05, 4.69) is 9.97 Å². The molecule has 1 amide bonds. The number of imidazole rings is 1. The van der Waals surface area contributed by atoms with Gasteiger partial charge in [0.2, 0.25) is 0 Å². The number of carbonyl (C=O) groups is 1. The van der Waals surface area contributed by atoms with Crippen molar-refractivity contribution in [1.29, 1.82) is 0 Å². The van der Waals surface area contributed by atoms with Crippen LogP contribution < -0.4 is 4.74 Å². The van der Waals surface area contributed by atoms with E-state index in [1.165, 1.54) is 0 Å². The summed E-state index contributed by atoms with van der Waals surface area (Å²) in [4.78, 5) is 20.5. The van der Waals surface area contributed by atoms with Gasteiger partial charge in [-0.2, -0.15) is 0 Å². The topological polar surface area (TPSA) is 58.2 Å². The molecule has 1 N–H and O–H groups in total. The number of hydrogen-bond acceptors (Lipinski definition) is 3. The van der Waals surface area contributed by atoms with Crippen molar-refractivity contribution in [3.63, 3.8) is 0 Å². The number of H-pyrrole nitrogens is 1. The van der Waals surface area contributed by atoms with E-state index in [9.17, 15) is 4.79 Å². The van der Waals surface area contributed by atoms with Crippen molar-refractivity contribution in [2.24, 2.45) is 0 Å². The van der Waals surface area contributed by atoms with Crippen LogP contribution in [0.15, 0.2) is 36.7 Å². The van der Waals surface area contributed by atoms with Crippen LogP contribution in [0.1, 0.15) is 11.4 Å². The monoisotopic (exact) mass is 259 g/mol. The largest absolute Gasteiger partial charge is 0.484 e. The van der Waals surface area contributed by atoms with Gasteiger partial charge in [0.05, 0.1) is 6.54 Å². The third-order valence-electron chi connectivity index (χ3n) is 2.72. The van der Waals surface area contributed by atoms with E-state index in [0.29, 0.717) is 12.3 Å². The van der Waals surface area contributed by atoms with Gasteiger partial charge >= 0.3 is 0 Å². The first kappa shape index (κ1) is 13.1. The number of aromatic nitrogens is 2. The highest BCUT2D eigenvalue weighted by molar-refractivity contribution is 5.77. The average Bonchev–Trinajstić information content (AvgIpc) is 2.89. The number of nitrogens with one attached hydrogen (secondary N) is 1. The van der Waals surface area contributed by atoms with Crippen LogP contribution >= 0.6 is 0 Å². The number of aryl methyl sites for hydroxylation is 1. The van der Waals surface area contributed by atoms with Gasteiger partial charge in [-0.05, 0) is 24.6 Å². The van der Waals surface area contributed by atoms with Crippen LogP contribution in [-0.2, 0) is 11.3 Å². The first-order valence-corrected chi connectivity index (χ1v) is 6.07. The number of aromatic amines is 1. The lowest BCUT2D eigenvalue weighted by atomic mass is 10.2. The van der Waals surface area contributed by atoms with E-state index in [4.69, 9.17) is 4.74 Å². The standard InChI is InChI=1S/C14H17N3O2/c1-11-4-3-5-12(8-11)19-10-14(18)17(2)9-13-15-6-7-16-13/h3-8H,9-10H2,1-2H3,(H,15,16). The molecule has 0 saturated heterocycles. The summed E-state index contributed by atoms with van der Waals surface area (Å²) in [6, 6.07) is 7.63. The van der Waals surface area contributed by atoms with Gasteiger partial charge in [-0.15, -0.1) is 0 Å². The van der Waals surface area contributed by atoms with Crippen LogP contribution in [0.2, 0.25) is 0 Å². The minimum atomic E-state index is -0.0853. The molecule has 0 aliphatic heterocycles. The Morgan fingerprint density at radius 2 is 2.32 bits per heavy atom. The Kier molecular flexibility index (Phi) is 4.18. The molecular formula is C14H17N3O2. The fourth-order valence-corrected chi connectivity index (χ4v) is 1.66. The second-order valence-electron chi connectivity index (χ2n) is 4.39. The number of carbonyl (C=O) groups excluding carboxylic acids is 1. The Hall–Kier alpha value is -2.30. The molecule has 19 heavy (non-hydrogen) atoms. The van der Waals surface area contributed by atoms with Crippen molar-refractivity contribution < 1.29 is 9.53 Å². The molecule has 0 aliphatic carbocycles. The molecule has 5 heteroatoms. The fourth-order valence-electron chi connectivity index (χ4n) is 1.66. The van der Waals surface area contributed by atoms with Gasteiger partial charge in [-0.3, -0.25) is 4.79 Å². The van der Waals surface area contributed by atoms with Gasteiger partial charge in [0.15, 0.2) is 6.61 Å². The normalized spacial score (nSPS) is 10.2. The minimum Gasteiger partial charge on any atom is -0.484 e. The van der Waals surface area contributed by atoms with Crippen molar-refractivity contribution in [3.05, 3.63) is 48.0 Å². The summed E-state index contributed by atoms with van der Waals surface area (Å²) >= 11 is 0. The highest BCUT2D eigenvalue weighted by Gasteiger charge is 2.11. The number of nitrogens with zero attached hydrogens (tertiary/aromatic N) is 2. The fraction of sp³-hybridized carbons (Fsp3) is 0.286. The summed E-state index contributed by atoms with van der Waals surface area (Å²) in [5.41, 5.74) is 1.11. The molecule has 5 nitrogen and oxygen atoms in total. The molecule has 0 spiro atoms. The predicted molar refractivity (Wildman–Crippen MR) is 71.7 cm³/mol. The van der Waals surface area contributed by atoms with Gasteiger partial charge in [0, 0.05) is 19.4 Å². The Balaban J connectivity index is 1.84. The third kappa shape index (κ3) is 3.84. The van der Waals surface area contributed by atoms with E-state index in [-0.39, 0.29) is 12.5 Å². The van der Waals surface area contributed by atoms with Crippen molar-refractivity contribution in [2.45, 2.75) is 13.5 Å².